The number of fused-ring (bicyclic) bond motifs is 1. The number of benzene rings is 2. The van der Waals surface area contributed by atoms with Gasteiger partial charge in [0.15, 0.2) is 0 Å². The zero-order chi connectivity index (χ0) is 17.7. The number of nitrogens with one attached hydrogen (secondary N) is 1. The minimum absolute atomic E-state index is 0.525. The highest BCUT2D eigenvalue weighted by molar-refractivity contribution is 5.87. The Labute approximate surface area is 149 Å². The minimum atomic E-state index is -0.783. The average Bonchev–Trinajstić information content (AvgIpc) is 2.62. The smallest absolute Gasteiger partial charge is 0.123 e. The number of rotatable bonds is 7. The van der Waals surface area contributed by atoms with E-state index in [0.29, 0.717) is 19.6 Å². The molecule has 3 rings (SSSR count). The van der Waals surface area contributed by atoms with E-state index in [0.717, 1.165) is 37.6 Å². The lowest BCUT2D eigenvalue weighted by Gasteiger charge is -2.34. The van der Waals surface area contributed by atoms with E-state index in [9.17, 15) is 5.11 Å². The number of morpholine rings is 1. The molecule has 5 heteroatoms. The van der Waals surface area contributed by atoms with Crippen molar-refractivity contribution in [3.8, 4) is 5.75 Å². The largest absolute Gasteiger partial charge is 0.496 e. The standard InChI is InChI=1S/C20H28N2O3/c1-20(23,15-22-9-11-25-12-10-22)14-21-13-18-17-6-4-3-5-16(17)7-8-19(18)24-2/h3-8,21,23H,9-15H2,1-2H3. The van der Waals surface area contributed by atoms with Crippen LogP contribution >= 0.6 is 0 Å². The highest BCUT2D eigenvalue weighted by Crippen LogP contribution is 2.27. The van der Waals surface area contributed by atoms with Crippen LogP contribution in [-0.4, -0.2) is 62.1 Å². The van der Waals surface area contributed by atoms with Gasteiger partial charge in [-0.15, -0.1) is 0 Å². The van der Waals surface area contributed by atoms with Crippen molar-refractivity contribution in [3.63, 3.8) is 0 Å². The van der Waals surface area contributed by atoms with Gasteiger partial charge >= 0.3 is 0 Å². The molecule has 0 aliphatic carbocycles. The summed E-state index contributed by atoms with van der Waals surface area (Å²) >= 11 is 0. The Kier molecular flexibility index (Phi) is 5.91. The normalized spacial score (nSPS) is 18.2. The molecule has 0 bridgehead atoms. The molecule has 5 nitrogen and oxygen atoms in total. The van der Waals surface area contributed by atoms with E-state index in [1.165, 1.54) is 10.8 Å². The van der Waals surface area contributed by atoms with Crippen molar-refractivity contribution in [3.05, 3.63) is 42.0 Å². The molecule has 25 heavy (non-hydrogen) atoms. The third-order valence-electron chi connectivity index (χ3n) is 4.69. The number of aliphatic hydroxyl groups is 1. The summed E-state index contributed by atoms with van der Waals surface area (Å²) in [4.78, 5) is 2.25. The molecule has 1 fully saturated rings. The van der Waals surface area contributed by atoms with E-state index in [-0.39, 0.29) is 0 Å². The minimum Gasteiger partial charge on any atom is -0.496 e. The Balaban J connectivity index is 1.64. The first-order valence-electron chi connectivity index (χ1n) is 8.87. The highest BCUT2D eigenvalue weighted by Gasteiger charge is 2.25. The summed E-state index contributed by atoms with van der Waals surface area (Å²) in [6, 6.07) is 12.4. The van der Waals surface area contributed by atoms with Crippen molar-refractivity contribution in [2.24, 2.45) is 0 Å². The van der Waals surface area contributed by atoms with Gasteiger partial charge in [0, 0.05) is 38.3 Å². The summed E-state index contributed by atoms with van der Waals surface area (Å²) in [6.45, 7) is 6.97. The van der Waals surface area contributed by atoms with Crippen LogP contribution in [0.2, 0.25) is 0 Å². The molecule has 136 valence electrons. The number of hydrogen-bond acceptors (Lipinski definition) is 5. The quantitative estimate of drug-likeness (QED) is 0.805. The summed E-state index contributed by atoms with van der Waals surface area (Å²) in [6.07, 6.45) is 0. The second kappa shape index (κ2) is 8.15. The number of β-amino-alcohol motifs (C(OH)–C–C–N with tert-alkyl or cyclic N) is 1. The third kappa shape index (κ3) is 4.70. The molecule has 2 N–H and O–H groups in total. The molecule has 0 radical (unpaired) electrons. The maximum Gasteiger partial charge on any atom is 0.123 e. The molecule has 2 aromatic rings. The van der Waals surface area contributed by atoms with Crippen molar-refractivity contribution < 1.29 is 14.6 Å². The van der Waals surface area contributed by atoms with Crippen LogP contribution in [-0.2, 0) is 11.3 Å². The first-order valence-corrected chi connectivity index (χ1v) is 8.87. The summed E-state index contributed by atoms with van der Waals surface area (Å²) in [5.41, 5.74) is 0.345. The number of methoxy groups -OCH3 is 1. The molecule has 1 unspecified atom stereocenters. The summed E-state index contributed by atoms with van der Waals surface area (Å²) in [7, 11) is 1.70. The van der Waals surface area contributed by atoms with Gasteiger partial charge in [0.25, 0.3) is 0 Å². The lowest BCUT2D eigenvalue weighted by Crippen LogP contribution is -2.50. The molecule has 0 aromatic heterocycles. The second-order valence-corrected chi connectivity index (χ2v) is 6.96. The van der Waals surface area contributed by atoms with Crippen molar-refractivity contribution in [1.29, 1.82) is 0 Å². The van der Waals surface area contributed by atoms with Crippen LogP contribution < -0.4 is 10.1 Å². The van der Waals surface area contributed by atoms with Crippen LogP contribution in [0.5, 0.6) is 5.75 Å². The Bertz CT molecular complexity index is 696. The van der Waals surface area contributed by atoms with Crippen LogP contribution in [0.25, 0.3) is 10.8 Å². The van der Waals surface area contributed by atoms with E-state index in [1.807, 2.05) is 25.1 Å². The van der Waals surface area contributed by atoms with Gasteiger partial charge in [-0.2, -0.15) is 0 Å². The fourth-order valence-electron chi connectivity index (χ4n) is 3.44. The van der Waals surface area contributed by atoms with Gasteiger partial charge in [0.05, 0.1) is 25.9 Å². The Morgan fingerprint density at radius 2 is 1.96 bits per heavy atom. The zero-order valence-electron chi connectivity index (χ0n) is 15.1. The van der Waals surface area contributed by atoms with Crippen LogP contribution in [0, 0.1) is 0 Å². The Morgan fingerprint density at radius 3 is 2.72 bits per heavy atom. The second-order valence-electron chi connectivity index (χ2n) is 6.96. The van der Waals surface area contributed by atoms with Crippen molar-refractivity contribution in [2.45, 2.75) is 19.1 Å². The van der Waals surface area contributed by atoms with E-state index in [2.05, 4.69) is 28.4 Å². The van der Waals surface area contributed by atoms with Gasteiger partial charge in [0.2, 0.25) is 0 Å². The number of hydrogen-bond donors (Lipinski definition) is 2. The maximum atomic E-state index is 10.7. The van der Waals surface area contributed by atoms with Crippen molar-refractivity contribution in [1.82, 2.24) is 10.2 Å². The maximum absolute atomic E-state index is 10.7. The van der Waals surface area contributed by atoms with Gasteiger partial charge < -0.3 is 19.9 Å². The third-order valence-corrected chi connectivity index (χ3v) is 4.69. The fraction of sp³-hybridized carbons (Fsp3) is 0.500. The SMILES string of the molecule is COc1ccc2ccccc2c1CNCC(C)(O)CN1CCOCC1. The number of nitrogens with zero attached hydrogens (tertiary/aromatic N) is 1. The van der Waals surface area contributed by atoms with Crippen LogP contribution in [0.3, 0.4) is 0 Å². The monoisotopic (exact) mass is 344 g/mol. The molecule has 1 heterocycles. The molecule has 0 saturated carbocycles. The van der Waals surface area contributed by atoms with Crippen LogP contribution in [0.15, 0.2) is 36.4 Å². The van der Waals surface area contributed by atoms with Gasteiger partial charge in [-0.1, -0.05) is 30.3 Å². The van der Waals surface area contributed by atoms with E-state index >= 15 is 0 Å². The van der Waals surface area contributed by atoms with E-state index < -0.39 is 5.60 Å². The average molecular weight is 344 g/mol. The summed E-state index contributed by atoms with van der Waals surface area (Å²) in [5.74, 6) is 0.874. The predicted octanol–water partition coefficient (Wildman–Crippen LogP) is 2.02. The van der Waals surface area contributed by atoms with E-state index in [4.69, 9.17) is 9.47 Å². The van der Waals surface area contributed by atoms with Gasteiger partial charge in [-0.3, -0.25) is 4.90 Å². The molecule has 1 saturated heterocycles. The lowest BCUT2D eigenvalue weighted by molar-refractivity contribution is -0.0219. The van der Waals surface area contributed by atoms with E-state index in [1.54, 1.807) is 7.11 Å². The predicted molar refractivity (Wildman–Crippen MR) is 100 cm³/mol. The molecule has 0 amide bonds. The first kappa shape index (κ1) is 18.1. The molecule has 1 aliphatic heterocycles. The van der Waals surface area contributed by atoms with Crippen LogP contribution in [0.1, 0.15) is 12.5 Å². The summed E-state index contributed by atoms with van der Waals surface area (Å²) in [5, 5.41) is 16.5. The molecule has 2 aromatic carbocycles. The van der Waals surface area contributed by atoms with Crippen molar-refractivity contribution >= 4 is 10.8 Å². The van der Waals surface area contributed by atoms with Gasteiger partial charge in [0.1, 0.15) is 5.75 Å². The topological polar surface area (TPSA) is 54.0 Å². The zero-order valence-corrected chi connectivity index (χ0v) is 15.1. The molecular weight excluding hydrogens is 316 g/mol. The Hall–Kier alpha value is -1.66. The fourth-order valence-corrected chi connectivity index (χ4v) is 3.44. The summed E-state index contributed by atoms with van der Waals surface area (Å²) < 4.78 is 10.9. The van der Waals surface area contributed by atoms with Gasteiger partial charge in [-0.25, -0.2) is 0 Å². The highest BCUT2D eigenvalue weighted by atomic mass is 16.5. The first-order chi connectivity index (χ1) is 12.1. The molecule has 1 aliphatic rings. The van der Waals surface area contributed by atoms with Crippen LogP contribution in [0.4, 0.5) is 0 Å². The lowest BCUT2D eigenvalue weighted by atomic mass is 10.0. The Morgan fingerprint density at radius 1 is 1.20 bits per heavy atom. The number of ether oxygens (including phenoxy) is 2. The molecular formula is C20H28N2O3. The molecule has 1 atom stereocenters. The molecule has 0 spiro atoms. The van der Waals surface area contributed by atoms with Gasteiger partial charge in [-0.05, 0) is 23.8 Å². The van der Waals surface area contributed by atoms with Crippen molar-refractivity contribution in [2.75, 3.05) is 46.5 Å².